The number of aliphatic hydroxyl groups is 1. The molecule has 0 aromatic heterocycles. The number of benzene rings is 2. The highest BCUT2D eigenvalue weighted by molar-refractivity contribution is 9.09. The number of alkyl halides is 1. The molecule has 2 amide bonds. The van der Waals surface area contributed by atoms with E-state index in [9.17, 15) is 24.6 Å². The number of amides is 2. The topological polar surface area (TPSA) is 107 Å². The number of likely N-dealkylation sites (tertiary alicyclic amines) is 1. The first kappa shape index (κ1) is 27.6. The summed E-state index contributed by atoms with van der Waals surface area (Å²) in [7, 11) is 0. The Balaban J connectivity index is 1.65. The van der Waals surface area contributed by atoms with Crippen LogP contribution in [0.5, 0.6) is 0 Å². The first-order valence-electron chi connectivity index (χ1n) is 13.2. The van der Waals surface area contributed by atoms with Crippen LogP contribution in [0, 0.1) is 25.7 Å². The largest absolute Gasteiger partial charge is 0.481 e. The van der Waals surface area contributed by atoms with Crippen molar-refractivity contribution in [3.05, 3.63) is 77.9 Å². The van der Waals surface area contributed by atoms with Gasteiger partial charge in [-0.1, -0.05) is 64.5 Å². The van der Waals surface area contributed by atoms with Gasteiger partial charge in [0.25, 0.3) is 5.91 Å². The molecule has 0 aliphatic carbocycles. The zero-order valence-corrected chi connectivity index (χ0v) is 23.6. The molecule has 5 rings (SSSR count). The van der Waals surface area contributed by atoms with Gasteiger partial charge in [-0.15, -0.1) is 6.58 Å². The number of aliphatic carboxylic acids is 1. The molecule has 7 atom stereocenters. The molecule has 2 N–H and O–H groups in total. The SMILES string of the molecule is C=CCN(C(=O)C1N([C@@H](CO)Cc2ccccc2)C(=O)[C@@H]2[C@H](C(=O)O)[C@H]3OC12CC3Br)c1cc(C)ccc1C. The maximum Gasteiger partial charge on any atom is 0.310 e. The number of carbonyl (C=O) groups excluding carboxylic acids is 2. The Labute approximate surface area is 236 Å². The molecule has 2 aromatic rings. The van der Waals surface area contributed by atoms with Crippen LogP contribution in [0.15, 0.2) is 61.2 Å². The summed E-state index contributed by atoms with van der Waals surface area (Å²) in [5.74, 6) is -4.09. The van der Waals surface area contributed by atoms with Crippen molar-refractivity contribution in [2.75, 3.05) is 18.1 Å². The van der Waals surface area contributed by atoms with E-state index in [1.54, 1.807) is 11.0 Å². The molecular weight excluding hydrogens is 564 g/mol. The van der Waals surface area contributed by atoms with Gasteiger partial charge in [0.2, 0.25) is 5.91 Å². The number of aryl methyl sites for hydroxylation is 2. The van der Waals surface area contributed by atoms with Gasteiger partial charge in [-0.3, -0.25) is 14.4 Å². The Hall–Kier alpha value is -3.01. The van der Waals surface area contributed by atoms with E-state index in [-0.39, 0.29) is 17.3 Å². The van der Waals surface area contributed by atoms with Crippen molar-refractivity contribution in [2.24, 2.45) is 11.8 Å². The highest BCUT2D eigenvalue weighted by Crippen LogP contribution is 2.60. The Bertz CT molecular complexity index is 1300. The summed E-state index contributed by atoms with van der Waals surface area (Å²) in [6, 6.07) is 13.4. The molecule has 9 heteroatoms. The molecule has 3 heterocycles. The number of hydrogen-bond donors (Lipinski definition) is 2. The minimum atomic E-state index is -1.34. The van der Waals surface area contributed by atoms with Crippen molar-refractivity contribution in [1.29, 1.82) is 0 Å². The van der Waals surface area contributed by atoms with Gasteiger partial charge in [-0.25, -0.2) is 0 Å². The summed E-state index contributed by atoms with van der Waals surface area (Å²) in [5.41, 5.74) is 2.09. The summed E-state index contributed by atoms with van der Waals surface area (Å²) in [6.45, 7) is 7.51. The Kier molecular flexibility index (Phi) is 7.43. The van der Waals surface area contributed by atoms with E-state index < -0.39 is 54.1 Å². The average molecular weight is 598 g/mol. The van der Waals surface area contributed by atoms with E-state index in [0.717, 1.165) is 16.7 Å². The van der Waals surface area contributed by atoms with Crippen LogP contribution in [-0.4, -0.2) is 74.7 Å². The number of ether oxygens (including phenoxy) is 1. The van der Waals surface area contributed by atoms with Crippen molar-refractivity contribution in [3.63, 3.8) is 0 Å². The Morgan fingerprint density at radius 1 is 1.26 bits per heavy atom. The molecule has 206 valence electrons. The average Bonchev–Trinajstić information content (AvgIpc) is 3.51. The summed E-state index contributed by atoms with van der Waals surface area (Å²) in [4.78, 5) is 44.0. The lowest BCUT2D eigenvalue weighted by Crippen LogP contribution is -2.59. The first-order valence-corrected chi connectivity index (χ1v) is 14.1. The van der Waals surface area contributed by atoms with Gasteiger partial charge < -0.3 is 24.7 Å². The molecule has 0 saturated carbocycles. The fourth-order valence-corrected chi connectivity index (χ4v) is 7.70. The van der Waals surface area contributed by atoms with E-state index in [2.05, 4.69) is 22.5 Å². The Morgan fingerprint density at radius 2 is 1.97 bits per heavy atom. The number of aliphatic hydroxyl groups excluding tert-OH is 1. The maximum atomic E-state index is 14.7. The molecular formula is C30H33BrN2O6. The van der Waals surface area contributed by atoms with Gasteiger partial charge in [0, 0.05) is 17.1 Å². The van der Waals surface area contributed by atoms with Crippen LogP contribution in [0.1, 0.15) is 23.1 Å². The molecule has 2 bridgehead atoms. The summed E-state index contributed by atoms with van der Waals surface area (Å²) in [6.07, 6.45) is 1.51. The fourth-order valence-electron chi connectivity index (χ4n) is 6.75. The van der Waals surface area contributed by atoms with Crippen LogP contribution in [0.4, 0.5) is 5.69 Å². The van der Waals surface area contributed by atoms with E-state index in [0.29, 0.717) is 18.5 Å². The third-order valence-corrected chi connectivity index (χ3v) is 9.24. The smallest absolute Gasteiger partial charge is 0.310 e. The number of halogens is 1. The standard InChI is InChI=1S/C30H33BrN2O6/c1-4-12-32(22-13-17(2)10-11-18(22)3)28(36)26-30-15-21(31)25(39-30)23(29(37)38)24(30)27(35)33(26)20(16-34)14-19-8-6-5-7-9-19/h4-11,13,20-21,23-26,34H,1,12,14-16H2,2-3H3,(H,37,38)/t20-,21?,23+,24+,25+,26?,30?/m1/s1. The second-order valence-corrected chi connectivity index (χ2v) is 12.0. The molecule has 3 aliphatic heterocycles. The van der Waals surface area contributed by atoms with Crippen molar-refractivity contribution in [1.82, 2.24) is 4.90 Å². The van der Waals surface area contributed by atoms with Crippen LogP contribution in [0.25, 0.3) is 0 Å². The minimum absolute atomic E-state index is 0.189. The molecule has 0 radical (unpaired) electrons. The van der Waals surface area contributed by atoms with E-state index in [4.69, 9.17) is 4.74 Å². The van der Waals surface area contributed by atoms with Crippen molar-refractivity contribution < 1.29 is 29.3 Å². The molecule has 3 saturated heterocycles. The van der Waals surface area contributed by atoms with Gasteiger partial charge in [0.15, 0.2) is 0 Å². The van der Waals surface area contributed by atoms with Gasteiger partial charge in [-0.2, -0.15) is 0 Å². The maximum absolute atomic E-state index is 14.7. The highest BCUT2D eigenvalue weighted by atomic mass is 79.9. The second kappa shape index (κ2) is 10.5. The summed E-state index contributed by atoms with van der Waals surface area (Å²) >= 11 is 3.58. The first-order chi connectivity index (χ1) is 18.6. The van der Waals surface area contributed by atoms with Crippen LogP contribution in [0.2, 0.25) is 0 Å². The number of nitrogens with zero attached hydrogens (tertiary/aromatic N) is 2. The van der Waals surface area contributed by atoms with Gasteiger partial charge >= 0.3 is 5.97 Å². The quantitative estimate of drug-likeness (QED) is 0.340. The van der Waals surface area contributed by atoms with E-state index in [1.165, 1.54) is 4.90 Å². The molecule has 1 spiro atoms. The van der Waals surface area contributed by atoms with E-state index in [1.807, 2.05) is 62.4 Å². The van der Waals surface area contributed by atoms with Gasteiger partial charge in [0.1, 0.15) is 11.6 Å². The monoisotopic (exact) mass is 596 g/mol. The Morgan fingerprint density at radius 3 is 2.62 bits per heavy atom. The zero-order chi connectivity index (χ0) is 28.1. The second-order valence-electron chi connectivity index (χ2n) is 10.8. The lowest BCUT2D eigenvalue weighted by molar-refractivity contribution is -0.150. The highest BCUT2D eigenvalue weighted by Gasteiger charge is 2.77. The number of carboxylic acid groups (broad SMARTS) is 1. The van der Waals surface area contributed by atoms with Gasteiger partial charge in [0.05, 0.1) is 30.6 Å². The number of carboxylic acids is 1. The normalized spacial score (nSPS) is 29.8. The molecule has 3 fully saturated rings. The fraction of sp³-hybridized carbons (Fsp3) is 0.433. The van der Waals surface area contributed by atoms with Gasteiger partial charge in [-0.05, 0) is 49.4 Å². The van der Waals surface area contributed by atoms with Crippen molar-refractivity contribution in [3.8, 4) is 0 Å². The lowest BCUT2D eigenvalue weighted by atomic mass is 9.70. The number of rotatable bonds is 9. The van der Waals surface area contributed by atoms with E-state index >= 15 is 0 Å². The third-order valence-electron chi connectivity index (χ3n) is 8.40. The summed E-state index contributed by atoms with van der Waals surface area (Å²) in [5, 5.41) is 20.7. The number of hydrogen-bond acceptors (Lipinski definition) is 5. The van der Waals surface area contributed by atoms with Crippen LogP contribution in [-0.2, 0) is 25.5 Å². The molecule has 2 aromatic carbocycles. The molecule has 39 heavy (non-hydrogen) atoms. The zero-order valence-electron chi connectivity index (χ0n) is 22.0. The van der Waals surface area contributed by atoms with Crippen LogP contribution in [0.3, 0.4) is 0 Å². The van der Waals surface area contributed by atoms with Crippen molar-refractivity contribution in [2.45, 2.75) is 55.3 Å². The number of anilines is 1. The predicted octanol–water partition coefficient (Wildman–Crippen LogP) is 3.26. The minimum Gasteiger partial charge on any atom is -0.481 e. The third kappa shape index (κ3) is 4.40. The number of carbonyl (C=O) groups is 3. The lowest BCUT2D eigenvalue weighted by Gasteiger charge is -2.39. The molecule has 8 nitrogen and oxygen atoms in total. The number of fused-ring (bicyclic) bond motifs is 1. The van der Waals surface area contributed by atoms with Crippen LogP contribution >= 0.6 is 15.9 Å². The van der Waals surface area contributed by atoms with Crippen LogP contribution < -0.4 is 4.90 Å². The predicted molar refractivity (Wildman–Crippen MR) is 150 cm³/mol. The molecule has 3 unspecified atom stereocenters. The summed E-state index contributed by atoms with van der Waals surface area (Å²) < 4.78 is 6.42. The molecule has 3 aliphatic rings. The van der Waals surface area contributed by atoms with Crippen molar-refractivity contribution >= 4 is 39.4 Å².